The quantitative estimate of drug-likeness (QED) is 0.410. The number of fused-ring (bicyclic) bond motifs is 4. The van der Waals surface area contributed by atoms with Crippen LogP contribution in [0.2, 0.25) is 0 Å². The second kappa shape index (κ2) is 5.47. The second-order valence-corrected chi connectivity index (χ2v) is 6.42. The number of aromatic nitrogens is 1. The van der Waals surface area contributed by atoms with Crippen LogP contribution in [0.1, 0.15) is 17.2 Å². The molecule has 4 aromatic carbocycles. The van der Waals surface area contributed by atoms with E-state index in [0.29, 0.717) is 0 Å². The van der Waals surface area contributed by atoms with Crippen molar-refractivity contribution in [2.45, 2.75) is 6.10 Å². The molecule has 0 amide bonds. The molecule has 5 aromatic rings. The van der Waals surface area contributed by atoms with Gasteiger partial charge in [-0.1, -0.05) is 66.7 Å². The Morgan fingerprint density at radius 2 is 1.28 bits per heavy atom. The summed E-state index contributed by atoms with van der Waals surface area (Å²) in [4.78, 5) is 3.26. The molecular weight excluding hydrogens is 306 g/mol. The van der Waals surface area contributed by atoms with Gasteiger partial charge in [-0.25, -0.2) is 0 Å². The Kier molecular flexibility index (Phi) is 3.12. The maximum Gasteiger partial charge on any atom is 0.107 e. The monoisotopic (exact) mass is 323 g/mol. The first-order valence-electron chi connectivity index (χ1n) is 8.47. The lowest BCUT2D eigenvalue weighted by atomic mass is 9.92. The van der Waals surface area contributed by atoms with Gasteiger partial charge in [-0.15, -0.1) is 0 Å². The molecule has 5 rings (SSSR count). The summed E-state index contributed by atoms with van der Waals surface area (Å²) in [7, 11) is 0. The normalized spacial score (nSPS) is 12.8. The van der Waals surface area contributed by atoms with Crippen molar-refractivity contribution < 1.29 is 5.11 Å². The van der Waals surface area contributed by atoms with Crippen molar-refractivity contribution in [3.8, 4) is 0 Å². The summed E-state index contributed by atoms with van der Waals surface area (Å²) >= 11 is 0. The maximum absolute atomic E-state index is 11.2. The van der Waals surface area contributed by atoms with Gasteiger partial charge in [0.2, 0.25) is 0 Å². The fraction of sp³-hybridized carbons (Fsp3) is 0.0435. The van der Waals surface area contributed by atoms with E-state index in [1.54, 1.807) is 0 Å². The molecule has 1 atom stereocenters. The van der Waals surface area contributed by atoms with Crippen molar-refractivity contribution in [1.29, 1.82) is 0 Å². The molecule has 1 unspecified atom stereocenters. The van der Waals surface area contributed by atoms with Crippen LogP contribution in [0.15, 0.2) is 85.1 Å². The molecule has 0 saturated carbocycles. The van der Waals surface area contributed by atoms with Gasteiger partial charge in [0.15, 0.2) is 0 Å². The zero-order valence-electron chi connectivity index (χ0n) is 13.6. The first kappa shape index (κ1) is 14.3. The van der Waals surface area contributed by atoms with Crippen LogP contribution in [0, 0.1) is 0 Å². The highest BCUT2D eigenvalue weighted by atomic mass is 16.3. The van der Waals surface area contributed by atoms with Gasteiger partial charge in [-0.3, -0.25) is 0 Å². The summed E-state index contributed by atoms with van der Waals surface area (Å²) in [5, 5.41) is 16.9. The number of aromatic amines is 1. The number of nitrogens with one attached hydrogen (secondary N) is 1. The molecule has 2 N–H and O–H groups in total. The molecular formula is C23H17NO. The van der Waals surface area contributed by atoms with E-state index in [-0.39, 0.29) is 0 Å². The molecule has 0 saturated heterocycles. The highest BCUT2D eigenvalue weighted by Crippen LogP contribution is 2.36. The summed E-state index contributed by atoms with van der Waals surface area (Å²) in [6.45, 7) is 0. The van der Waals surface area contributed by atoms with Crippen LogP contribution in [-0.4, -0.2) is 10.1 Å². The smallest absolute Gasteiger partial charge is 0.107 e. The summed E-state index contributed by atoms with van der Waals surface area (Å²) in [5.74, 6) is 0. The fourth-order valence-electron chi connectivity index (χ4n) is 3.80. The van der Waals surface area contributed by atoms with Gasteiger partial charge in [0, 0.05) is 22.7 Å². The summed E-state index contributed by atoms with van der Waals surface area (Å²) < 4.78 is 0. The molecule has 2 nitrogen and oxygen atoms in total. The lowest BCUT2D eigenvalue weighted by Crippen LogP contribution is -2.00. The first-order chi connectivity index (χ1) is 12.3. The number of benzene rings is 4. The van der Waals surface area contributed by atoms with Crippen molar-refractivity contribution in [3.63, 3.8) is 0 Å². The second-order valence-electron chi connectivity index (χ2n) is 6.42. The molecule has 0 bridgehead atoms. The van der Waals surface area contributed by atoms with Gasteiger partial charge in [-0.05, 0) is 39.2 Å². The maximum atomic E-state index is 11.2. The molecule has 0 radical (unpaired) electrons. The molecule has 0 spiro atoms. The minimum absolute atomic E-state index is 0.675. The van der Waals surface area contributed by atoms with Crippen molar-refractivity contribution >= 4 is 32.4 Å². The number of H-pyrrole nitrogens is 1. The summed E-state index contributed by atoms with van der Waals surface area (Å²) in [6.07, 6.45) is 1.24. The van der Waals surface area contributed by atoms with Crippen LogP contribution < -0.4 is 0 Å². The van der Waals surface area contributed by atoms with Gasteiger partial charge in [0.05, 0.1) is 0 Å². The van der Waals surface area contributed by atoms with E-state index in [2.05, 4.69) is 47.4 Å². The molecule has 0 aliphatic heterocycles. The van der Waals surface area contributed by atoms with E-state index >= 15 is 0 Å². The standard InChI is InChI=1S/C23H17NO/c25-23(21-14-24-22-12-6-5-11-19(21)22)20-13-15-7-1-2-8-16(15)17-9-3-4-10-18(17)20/h1-14,23-25H. The molecule has 2 heteroatoms. The molecule has 1 aromatic heterocycles. The Labute approximate surface area is 145 Å². The van der Waals surface area contributed by atoms with Crippen LogP contribution in [0.4, 0.5) is 0 Å². The van der Waals surface area contributed by atoms with Crippen LogP contribution in [0.5, 0.6) is 0 Å². The number of para-hydroxylation sites is 1. The Bertz CT molecular complexity index is 1220. The zero-order chi connectivity index (χ0) is 16.8. The highest BCUT2D eigenvalue weighted by molar-refractivity contribution is 6.09. The van der Waals surface area contributed by atoms with Gasteiger partial charge in [0.1, 0.15) is 6.10 Å². The van der Waals surface area contributed by atoms with Gasteiger partial charge < -0.3 is 10.1 Å². The highest BCUT2D eigenvalue weighted by Gasteiger charge is 2.18. The zero-order valence-corrected chi connectivity index (χ0v) is 13.6. The molecule has 0 fully saturated rings. The molecule has 25 heavy (non-hydrogen) atoms. The van der Waals surface area contributed by atoms with Crippen molar-refractivity contribution in [2.75, 3.05) is 0 Å². The summed E-state index contributed by atoms with van der Waals surface area (Å²) in [6, 6.07) is 26.8. The number of aliphatic hydroxyl groups excluding tert-OH is 1. The lowest BCUT2D eigenvalue weighted by molar-refractivity contribution is 0.223. The largest absolute Gasteiger partial charge is 0.384 e. The van der Waals surface area contributed by atoms with E-state index in [4.69, 9.17) is 0 Å². The van der Waals surface area contributed by atoms with E-state index in [1.807, 2.05) is 42.6 Å². The van der Waals surface area contributed by atoms with Gasteiger partial charge in [0.25, 0.3) is 0 Å². The predicted molar refractivity (Wildman–Crippen MR) is 104 cm³/mol. The third-order valence-electron chi connectivity index (χ3n) is 5.01. The number of rotatable bonds is 2. The fourth-order valence-corrected chi connectivity index (χ4v) is 3.80. The number of aliphatic hydroxyl groups is 1. The lowest BCUT2D eigenvalue weighted by Gasteiger charge is -2.16. The number of hydrogen-bond donors (Lipinski definition) is 2. The average Bonchev–Trinajstić information content (AvgIpc) is 3.11. The Morgan fingerprint density at radius 1 is 0.640 bits per heavy atom. The summed E-state index contributed by atoms with van der Waals surface area (Å²) in [5.41, 5.74) is 2.90. The molecule has 0 aliphatic rings. The average molecular weight is 323 g/mol. The SMILES string of the molecule is OC(c1c[nH]c2ccccc12)c1cc2ccccc2c2ccccc12. The van der Waals surface area contributed by atoms with Crippen LogP contribution in [0.3, 0.4) is 0 Å². The molecule has 120 valence electrons. The van der Waals surface area contributed by atoms with E-state index in [1.165, 1.54) is 10.8 Å². The Morgan fingerprint density at radius 3 is 2.12 bits per heavy atom. The van der Waals surface area contributed by atoms with Gasteiger partial charge in [-0.2, -0.15) is 0 Å². The minimum atomic E-state index is -0.675. The minimum Gasteiger partial charge on any atom is -0.384 e. The molecule has 0 aliphatic carbocycles. The topological polar surface area (TPSA) is 36.0 Å². The predicted octanol–water partition coefficient (Wildman–Crippen LogP) is 5.56. The molecule has 1 heterocycles. The van der Waals surface area contributed by atoms with E-state index in [9.17, 15) is 5.11 Å². The van der Waals surface area contributed by atoms with Crippen molar-refractivity contribution in [2.24, 2.45) is 0 Å². The Hall–Kier alpha value is -3.10. The van der Waals surface area contributed by atoms with Crippen molar-refractivity contribution in [1.82, 2.24) is 4.98 Å². The Balaban J connectivity index is 1.81. The van der Waals surface area contributed by atoms with Crippen LogP contribution in [-0.2, 0) is 0 Å². The first-order valence-corrected chi connectivity index (χ1v) is 8.47. The van der Waals surface area contributed by atoms with E-state index in [0.717, 1.165) is 32.8 Å². The van der Waals surface area contributed by atoms with Gasteiger partial charge >= 0.3 is 0 Å². The van der Waals surface area contributed by atoms with E-state index < -0.39 is 6.10 Å². The third kappa shape index (κ3) is 2.15. The van der Waals surface area contributed by atoms with Crippen LogP contribution >= 0.6 is 0 Å². The number of hydrogen-bond acceptors (Lipinski definition) is 1. The van der Waals surface area contributed by atoms with Crippen LogP contribution in [0.25, 0.3) is 32.4 Å². The third-order valence-corrected chi connectivity index (χ3v) is 5.01. The van der Waals surface area contributed by atoms with Crippen molar-refractivity contribution in [3.05, 3.63) is 96.2 Å².